The number of para-hydroxylation sites is 1. The quantitative estimate of drug-likeness (QED) is 0.694. The van der Waals surface area contributed by atoms with E-state index in [0.29, 0.717) is 42.0 Å². The Kier molecular flexibility index (Phi) is 6.78. The molecule has 176 valence electrons. The van der Waals surface area contributed by atoms with Crippen molar-refractivity contribution in [2.75, 3.05) is 24.7 Å². The van der Waals surface area contributed by atoms with Crippen LogP contribution in [0.5, 0.6) is 0 Å². The summed E-state index contributed by atoms with van der Waals surface area (Å²) in [6, 6.07) is 6.66. The highest BCUT2D eigenvalue weighted by atomic mass is 32.2. The first-order valence-electron chi connectivity index (χ1n) is 10.7. The monoisotopic (exact) mass is 472 g/mol. The molecule has 0 unspecified atom stereocenters. The van der Waals surface area contributed by atoms with Gasteiger partial charge < -0.3 is 14.6 Å². The number of ether oxygens (including phenoxy) is 1. The number of aromatic nitrogens is 2. The van der Waals surface area contributed by atoms with Crippen LogP contribution in [0.1, 0.15) is 36.9 Å². The lowest BCUT2D eigenvalue weighted by molar-refractivity contribution is -0.0492. The fourth-order valence-electron chi connectivity index (χ4n) is 4.52. The van der Waals surface area contributed by atoms with Crippen molar-refractivity contribution in [3.63, 3.8) is 0 Å². The van der Waals surface area contributed by atoms with Gasteiger partial charge in [0.15, 0.2) is 0 Å². The number of anilines is 1. The molecule has 2 aromatic rings. The van der Waals surface area contributed by atoms with Crippen LogP contribution in [0.25, 0.3) is 0 Å². The molecule has 0 saturated carbocycles. The Hall–Kier alpha value is -2.11. The summed E-state index contributed by atoms with van der Waals surface area (Å²) < 4.78 is 71.2. The van der Waals surface area contributed by atoms with Gasteiger partial charge >= 0.3 is 15.5 Å². The zero-order chi connectivity index (χ0) is 22.8. The van der Waals surface area contributed by atoms with Crippen LogP contribution in [0.2, 0.25) is 0 Å². The fourth-order valence-corrected chi connectivity index (χ4v) is 5.49. The molecule has 1 aromatic carbocycles. The van der Waals surface area contributed by atoms with Gasteiger partial charge in [-0.25, -0.2) is 13.4 Å². The van der Waals surface area contributed by atoms with E-state index >= 15 is 0 Å². The zero-order valence-electron chi connectivity index (χ0n) is 17.6. The van der Waals surface area contributed by atoms with E-state index in [1.165, 1.54) is 0 Å². The first-order chi connectivity index (χ1) is 15.3. The van der Waals surface area contributed by atoms with E-state index < -0.39 is 21.6 Å². The van der Waals surface area contributed by atoms with Crippen molar-refractivity contribution in [1.82, 2.24) is 14.3 Å². The highest BCUT2D eigenvalue weighted by molar-refractivity contribution is 7.89. The van der Waals surface area contributed by atoms with Crippen molar-refractivity contribution >= 4 is 15.7 Å². The molecule has 2 aliphatic heterocycles. The average Bonchev–Trinajstić information content (AvgIpc) is 3.22. The van der Waals surface area contributed by atoms with E-state index in [1.807, 2.05) is 17.0 Å². The predicted molar refractivity (Wildman–Crippen MR) is 113 cm³/mol. The molecule has 7 nitrogen and oxygen atoms in total. The van der Waals surface area contributed by atoms with Crippen molar-refractivity contribution in [1.29, 1.82) is 0 Å². The third-order valence-corrected chi connectivity index (χ3v) is 7.82. The summed E-state index contributed by atoms with van der Waals surface area (Å²) in [5.41, 5.74) is -3.23. The van der Waals surface area contributed by atoms with Crippen LogP contribution in [0, 0.1) is 5.92 Å². The second-order valence-electron chi connectivity index (χ2n) is 8.36. The van der Waals surface area contributed by atoms with Crippen molar-refractivity contribution in [3.8, 4) is 0 Å². The maximum atomic E-state index is 13.5. The van der Waals surface area contributed by atoms with Gasteiger partial charge in [0.25, 0.3) is 0 Å². The molecule has 0 bridgehead atoms. The third kappa shape index (κ3) is 4.94. The molecule has 0 spiro atoms. The van der Waals surface area contributed by atoms with Crippen LogP contribution in [-0.4, -0.2) is 54.0 Å². The number of alkyl halides is 3. The van der Waals surface area contributed by atoms with Crippen LogP contribution in [0.15, 0.2) is 36.8 Å². The normalized spacial score (nSPS) is 21.3. The highest BCUT2D eigenvalue weighted by Gasteiger charge is 2.51. The van der Waals surface area contributed by atoms with Gasteiger partial charge in [0.05, 0.1) is 18.6 Å². The van der Waals surface area contributed by atoms with E-state index in [-0.39, 0.29) is 13.1 Å². The number of fused-ring (bicyclic) bond motifs is 1. The molecule has 3 heterocycles. The maximum absolute atomic E-state index is 13.5. The zero-order valence-corrected chi connectivity index (χ0v) is 18.4. The van der Waals surface area contributed by atoms with Crippen molar-refractivity contribution in [2.24, 2.45) is 5.92 Å². The van der Waals surface area contributed by atoms with Crippen LogP contribution in [-0.2, 0) is 27.8 Å². The third-order valence-electron chi connectivity index (χ3n) is 6.28. The number of nitrogens with one attached hydrogen (secondary N) is 1. The Morgan fingerprint density at radius 3 is 2.59 bits per heavy atom. The number of sulfonamides is 1. The van der Waals surface area contributed by atoms with Gasteiger partial charge in [-0.2, -0.15) is 17.5 Å². The molecule has 1 fully saturated rings. The van der Waals surface area contributed by atoms with Gasteiger partial charge in [-0.05, 0) is 43.2 Å². The van der Waals surface area contributed by atoms with Crippen molar-refractivity contribution in [3.05, 3.63) is 48.0 Å². The van der Waals surface area contributed by atoms with Crippen LogP contribution >= 0.6 is 0 Å². The van der Waals surface area contributed by atoms with Gasteiger partial charge in [-0.15, -0.1) is 0 Å². The van der Waals surface area contributed by atoms with Crippen LogP contribution in [0.3, 0.4) is 0 Å². The minimum atomic E-state index is -5.46. The number of imidazole rings is 1. The van der Waals surface area contributed by atoms with Gasteiger partial charge in [0.2, 0.25) is 0 Å². The first-order valence-corrected chi connectivity index (χ1v) is 12.2. The molecule has 1 aromatic heterocycles. The summed E-state index contributed by atoms with van der Waals surface area (Å²) in [5.74, 6) is 0.420. The summed E-state index contributed by atoms with van der Waals surface area (Å²) in [6.45, 7) is 1.23. The number of aromatic amines is 1. The largest absolute Gasteiger partial charge is 0.511 e. The van der Waals surface area contributed by atoms with Gasteiger partial charge in [-0.1, -0.05) is 18.2 Å². The Labute approximate surface area is 185 Å². The number of halogens is 3. The van der Waals surface area contributed by atoms with Gasteiger partial charge in [0.1, 0.15) is 0 Å². The summed E-state index contributed by atoms with van der Waals surface area (Å²) in [6.07, 6.45) is 6.43. The minimum absolute atomic E-state index is 0.228. The number of benzene rings is 1. The number of nitrogens with zero attached hydrogens (tertiary/aromatic N) is 3. The molecular formula is C21H27F3N4O3S. The Bertz CT molecular complexity index is 992. The lowest BCUT2D eigenvalue weighted by Gasteiger charge is -2.35. The molecule has 2 aliphatic rings. The molecule has 0 amide bonds. The summed E-state index contributed by atoms with van der Waals surface area (Å²) in [7, 11) is -5.46. The van der Waals surface area contributed by atoms with E-state index in [0.717, 1.165) is 30.6 Å². The SMILES string of the molecule is O=S(=O)(N1Cc2ccccc2N(Cc2cnc[nH]2)[C@H](CCC2CCOCC2)C1)C(F)(F)F. The van der Waals surface area contributed by atoms with Crippen LogP contribution in [0.4, 0.5) is 18.9 Å². The number of hydrogen-bond donors (Lipinski definition) is 1. The highest BCUT2D eigenvalue weighted by Crippen LogP contribution is 2.36. The molecule has 32 heavy (non-hydrogen) atoms. The summed E-state index contributed by atoms with van der Waals surface area (Å²) >= 11 is 0. The molecule has 4 rings (SSSR count). The lowest BCUT2D eigenvalue weighted by Crippen LogP contribution is -2.47. The number of hydrogen-bond acceptors (Lipinski definition) is 5. The molecule has 11 heteroatoms. The Morgan fingerprint density at radius 2 is 1.91 bits per heavy atom. The second-order valence-corrected chi connectivity index (χ2v) is 10.3. The van der Waals surface area contributed by atoms with E-state index in [1.54, 1.807) is 24.7 Å². The molecule has 0 aliphatic carbocycles. The van der Waals surface area contributed by atoms with E-state index in [4.69, 9.17) is 4.74 Å². The molecule has 1 N–H and O–H groups in total. The van der Waals surface area contributed by atoms with Gasteiger partial charge in [-0.3, -0.25) is 0 Å². The number of H-pyrrole nitrogens is 1. The molecular weight excluding hydrogens is 445 g/mol. The standard InChI is InChI=1S/C21H27F3N4O3S/c22-21(23,24)32(29,30)27-12-17-3-1-2-4-20(17)28(13-18-11-25-15-26-18)19(14-27)6-5-16-7-9-31-10-8-16/h1-4,11,15-16,19H,5-10,12-14H2,(H,25,26)/t19-/m1/s1. The Morgan fingerprint density at radius 1 is 1.16 bits per heavy atom. The second kappa shape index (κ2) is 9.40. The molecule has 1 atom stereocenters. The topological polar surface area (TPSA) is 78.5 Å². The number of rotatable bonds is 6. The smallest absolute Gasteiger partial charge is 0.381 e. The summed E-state index contributed by atoms with van der Waals surface area (Å²) in [5, 5.41) is 0. The molecule has 0 radical (unpaired) electrons. The van der Waals surface area contributed by atoms with Gasteiger partial charge in [0, 0.05) is 44.2 Å². The van der Waals surface area contributed by atoms with E-state index in [9.17, 15) is 21.6 Å². The predicted octanol–water partition coefficient (Wildman–Crippen LogP) is 3.66. The Balaban J connectivity index is 1.68. The van der Waals surface area contributed by atoms with Crippen molar-refractivity contribution < 1.29 is 26.3 Å². The first kappa shape index (κ1) is 23.1. The van der Waals surface area contributed by atoms with Crippen LogP contribution < -0.4 is 4.90 Å². The van der Waals surface area contributed by atoms with Crippen molar-refractivity contribution in [2.45, 2.75) is 50.3 Å². The fraction of sp³-hybridized carbons (Fsp3) is 0.571. The lowest BCUT2D eigenvalue weighted by atomic mass is 9.92. The maximum Gasteiger partial charge on any atom is 0.511 e. The summed E-state index contributed by atoms with van der Waals surface area (Å²) in [4.78, 5) is 9.12. The van der Waals surface area contributed by atoms with E-state index in [2.05, 4.69) is 9.97 Å². The average molecular weight is 473 g/mol. The minimum Gasteiger partial charge on any atom is -0.381 e. The molecule has 1 saturated heterocycles.